The number of carbonyl (C=O) groups is 4. The first kappa shape index (κ1) is 85.1. The molecule has 0 saturated heterocycles. The van der Waals surface area contributed by atoms with Gasteiger partial charge in [-0.05, 0) is 25.7 Å². The summed E-state index contributed by atoms with van der Waals surface area (Å²) in [6.45, 7) is 4.90. The van der Waals surface area contributed by atoms with Gasteiger partial charge in [0, 0.05) is 25.7 Å². The second-order valence-corrected chi connectivity index (χ2v) is 27.5. The van der Waals surface area contributed by atoms with E-state index in [0.29, 0.717) is 25.7 Å². The Labute approximate surface area is 530 Å². The minimum absolute atomic E-state index is 0.107. The number of phosphoric ester groups is 2. The van der Waals surface area contributed by atoms with Crippen molar-refractivity contribution in [2.45, 2.75) is 373 Å². The molecule has 0 bridgehead atoms. The molecular formula is C68H132O17P2. The van der Waals surface area contributed by atoms with Crippen molar-refractivity contribution in [2.24, 2.45) is 0 Å². The van der Waals surface area contributed by atoms with Crippen LogP contribution in [0.25, 0.3) is 0 Å². The first-order valence-corrected chi connectivity index (χ1v) is 38.8. The van der Waals surface area contributed by atoms with Crippen molar-refractivity contribution in [3.8, 4) is 0 Å². The van der Waals surface area contributed by atoms with E-state index >= 15 is 0 Å². The lowest BCUT2D eigenvalue weighted by Crippen LogP contribution is -2.30. The van der Waals surface area contributed by atoms with E-state index in [1.54, 1.807) is 0 Å². The molecule has 0 aliphatic rings. The summed E-state index contributed by atoms with van der Waals surface area (Å²) in [6, 6.07) is 0. The third-order valence-electron chi connectivity index (χ3n) is 15.9. The number of hydrogen-bond donors (Lipinski definition) is 3. The molecule has 0 fully saturated rings. The summed E-state index contributed by atoms with van der Waals surface area (Å²) in [6.07, 6.45) is 49.9. The monoisotopic (exact) mass is 1280 g/mol. The highest BCUT2D eigenvalue weighted by Gasteiger charge is 2.30. The Bertz CT molecular complexity index is 1670. The van der Waals surface area contributed by atoms with Crippen molar-refractivity contribution in [1.82, 2.24) is 0 Å². The number of aliphatic hydroxyl groups excluding tert-OH is 1. The molecule has 0 radical (unpaired) electrons. The highest BCUT2D eigenvalue weighted by molar-refractivity contribution is 7.47. The molecule has 0 aromatic rings. The van der Waals surface area contributed by atoms with Gasteiger partial charge in [-0.1, -0.05) is 304 Å². The van der Waals surface area contributed by atoms with Crippen LogP contribution in [0.5, 0.6) is 0 Å². The van der Waals surface area contributed by atoms with Gasteiger partial charge in [0.05, 0.1) is 26.4 Å². The smallest absolute Gasteiger partial charge is 0.462 e. The van der Waals surface area contributed by atoms with Crippen molar-refractivity contribution < 1.29 is 80.2 Å². The Kier molecular flexibility index (Phi) is 61.4. The van der Waals surface area contributed by atoms with Crippen molar-refractivity contribution in [3.63, 3.8) is 0 Å². The molecule has 0 aliphatic carbocycles. The zero-order valence-corrected chi connectivity index (χ0v) is 57.8. The average Bonchev–Trinajstić information content (AvgIpc) is 3.71. The molecular weight excluding hydrogens is 1150 g/mol. The maximum absolute atomic E-state index is 13.0. The lowest BCUT2D eigenvalue weighted by molar-refractivity contribution is -0.161. The van der Waals surface area contributed by atoms with E-state index in [2.05, 4.69) is 27.7 Å². The van der Waals surface area contributed by atoms with E-state index in [0.717, 1.165) is 103 Å². The van der Waals surface area contributed by atoms with Crippen molar-refractivity contribution in [1.29, 1.82) is 0 Å². The van der Waals surface area contributed by atoms with Crippen LogP contribution in [0.4, 0.5) is 0 Å². The van der Waals surface area contributed by atoms with Crippen molar-refractivity contribution >= 4 is 39.5 Å². The van der Waals surface area contributed by atoms with E-state index in [1.807, 2.05) is 0 Å². The predicted molar refractivity (Wildman–Crippen MR) is 349 cm³/mol. The van der Waals surface area contributed by atoms with Crippen LogP contribution in [0.15, 0.2) is 0 Å². The minimum Gasteiger partial charge on any atom is -0.462 e. The Morgan fingerprint density at radius 2 is 0.460 bits per heavy atom. The molecule has 87 heavy (non-hydrogen) atoms. The van der Waals surface area contributed by atoms with Crippen LogP contribution in [-0.4, -0.2) is 96.7 Å². The van der Waals surface area contributed by atoms with E-state index in [1.165, 1.54) is 173 Å². The van der Waals surface area contributed by atoms with Gasteiger partial charge in [0.15, 0.2) is 12.2 Å². The number of hydrogen-bond acceptors (Lipinski definition) is 15. The molecule has 2 unspecified atom stereocenters. The van der Waals surface area contributed by atoms with E-state index < -0.39 is 97.5 Å². The van der Waals surface area contributed by atoms with Crippen LogP contribution >= 0.6 is 15.6 Å². The molecule has 3 N–H and O–H groups in total. The van der Waals surface area contributed by atoms with Gasteiger partial charge >= 0.3 is 39.5 Å². The molecule has 17 nitrogen and oxygen atoms in total. The lowest BCUT2D eigenvalue weighted by atomic mass is 10.0. The summed E-state index contributed by atoms with van der Waals surface area (Å²) in [5.74, 6) is -2.13. The zero-order valence-electron chi connectivity index (χ0n) is 56.0. The van der Waals surface area contributed by atoms with Gasteiger partial charge in [-0.15, -0.1) is 0 Å². The number of carbonyl (C=O) groups excluding carboxylic acids is 4. The molecule has 5 atom stereocenters. The quantitative estimate of drug-likeness (QED) is 0.0222. The number of aliphatic hydroxyl groups is 1. The minimum atomic E-state index is -4.95. The summed E-state index contributed by atoms with van der Waals surface area (Å²) < 4.78 is 68.1. The normalized spacial score (nSPS) is 14.1. The first-order chi connectivity index (χ1) is 42.2. The summed E-state index contributed by atoms with van der Waals surface area (Å²) in [7, 11) is -9.89. The van der Waals surface area contributed by atoms with Gasteiger partial charge < -0.3 is 33.8 Å². The second kappa shape index (κ2) is 62.8. The van der Waals surface area contributed by atoms with Crippen LogP contribution in [-0.2, 0) is 65.4 Å². The standard InChI is InChI=1S/C68H132O17P2/c1-5-9-13-17-21-24-27-30-32-35-37-41-45-49-53-66(71)79-59-64(85-68(73)55-51-47-43-39-36-33-31-28-25-22-18-14-10-6-2)61-83-87(76,77)81-57-62(69)56-80-86(74,75)82-60-63(58-78-65(70)52-48-44-40-20-16-12-8-4)84-67(72)54-50-46-42-38-34-29-26-23-19-15-11-7-3/h62-64,69H,5-61H2,1-4H3,(H,74,75)(H,76,77)/t62-,63+,64+/m0/s1. The average molecular weight is 1280 g/mol. The molecule has 0 amide bonds. The number of rotatable bonds is 69. The van der Waals surface area contributed by atoms with Gasteiger partial charge in [0.2, 0.25) is 0 Å². The largest absolute Gasteiger partial charge is 0.472 e. The third kappa shape index (κ3) is 62.6. The number of phosphoric acid groups is 2. The maximum atomic E-state index is 13.0. The molecule has 0 heterocycles. The van der Waals surface area contributed by atoms with Gasteiger partial charge in [-0.2, -0.15) is 0 Å². The lowest BCUT2D eigenvalue weighted by Gasteiger charge is -2.21. The Morgan fingerprint density at radius 3 is 0.678 bits per heavy atom. The summed E-state index contributed by atoms with van der Waals surface area (Å²) in [4.78, 5) is 72.3. The fourth-order valence-corrected chi connectivity index (χ4v) is 11.9. The Hall–Kier alpha value is -1.94. The van der Waals surface area contributed by atoms with Crippen LogP contribution < -0.4 is 0 Å². The molecule has 0 rings (SSSR count). The van der Waals surface area contributed by atoms with Gasteiger partial charge in [0.25, 0.3) is 0 Å². The second-order valence-electron chi connectivity index (χ2n) is 24.6. The maximum Gasteiger partial charge on any atom is 0.472 e. The number of esters is 4. The summed E-state index contributed by atoms with van der Waals surface area (Å²) in [5, 5.41) is 10.6. The fraction of sp³-hybridized carbons (Fsp3) is 0.941. The number of ether oxygens (including phenoxy) is 4. The van der Waals surface area contributed by atoms with Gasteiger partial charge in [0.1, 0.15) is 19.3 Å². The summed E-state index contributed by atoms with van der Waals surface area (Å²) in [5.41, 5.74) is 0. The van der Waals surface area contributed by atoms with Crippen LogP contribution in [0.1, 0.15) is 355 Å². The zero-order chi connectivity index (χ0) is 64.0. The molecule has 0 saturated carbocycles. The van der Waals surface area contributed by atoms with E-state index in [-0.39, 0.29) is 25.7 Å². The van der Waals surface area contributed by atoms with Crippen molar-refractivity contribution in [3.05, 3.63) is 0 Å². The highest BCUT2D eigenvalue weighted by atomic mass is 31.2. The predicted octanol–water partition coefficient (Wildman–Crippen LogP) is 19.5. The third-order valence-corrected chi connectivity index (χ3v) is 17.8. The Morgan fingerprint density at radius 1 is 0.276 bits per heavy atom. The first-order valence-electron chi connectivity index (χ1n) is 35.8. The topological polar surface area (TPSA) is 237 Å². The van der Waals surface area contributed by atoms with E-state index in [4.69, 9.17) is 37.0 Å². The SMILES string of the molecule is CCCCCCCCCCCCCCCCC(=O)OC[C@H](COP(=O)(O)OC[C@@H](O)COP(=O)(O)OC[C@@H](COC(=O)CCCCCCCCC)OC(=O)CCCCCCCCCCCCCC)OC(=O)CCCCCCCCCCCCCCCC. The fourth-order valence-electron chi connectivity index (χ4n) is 10.3. The van der Waals surface area contributed by atoms with Gasteiger partial charge in [-0.3, -0.25) is 37.3 Å². The van der Waals surface area contributed by atoms with Gasteiger partial charge in [-0.25, -0.2) is 9.13 Å². The molecule has 0 aromatic carbocycles. The molecule has 0 spiro atoms. The molecule has 516 valence electrons. The Balaban J connectivity index is 5.21. The highest BCUT2D eigenvalue weighted by Crippen LogP contribution is 2.45. The van der Waals surface area contributed by atoms with Crippen LogP contribution in [0.2, 0.25) is 0 Å². The van der Waals surface area contributed by atoms with Crippen LogP contribution in [0, 0.1) is 0 Å². The van der Waals surface area contributed by atoms with Crippen molar-refractivity contribution in [2.75, 3.05) is 39.6 Å². The number of unbranched alkanes of at least 4 members (excludes halogenated alkanes) is 43. The molecule has 0 aliphatic heterocycles. The van der Waals surface area contributed by atoms with E-state index in [9.17, 15) is 43.2 Å². The van der Waals surface area contributed by atoms with Crippen LogP contribution in [0.3, 0.4) is 0 Å². The summed E-state index contributed by atoms with van der Waals surface area (Å²) >= 11 is 0. The molecule has 19 heteroatoms. The molecule has 0 aromatic heterocycles.